The van der Waals surface area contributed by atoms with E-state index in [0.717, 1.165) is 26.2 Å². The second-order valence-corrected chi connectivity index (χ2v) is 6.36. The molecule has 1 rings (SSSR count). The van der Waals surface area contributed by atoms with E-state index in [9.17, 15) is 9.90 Å². The van der Waals surface area contributed by atoms with Crippen LogP contribution in [0.1, 0.15) is 25.7 Å². The number of unbranched alkanes of at least 4 members (excludes halogenated alkanes) is 1. The van der Waals surface area contributed by atoms with Crippen molar-refractivity contribution in [1.82, 2.24) is 15.1 Å². The summed E-state index contributed by atoms with van der Waals surface area (Å²) in [6.07, 6.45) is 1.99. The van der Waals surface area contributed by atoms with E-state index < -0.39 is 18.6 Å². The third-order valence-electron chi connectivity index (χ3n) is 4.56. The molecule has 0 aromatic carbocycles. The van der Waals surface area contributed by atoms with Gasteiger partial charge in [-0.1, -0.05) is 12.8 Å². The number of carboxylic acid groups (broad SMARTS) is 1. The van der Waals surface area contributed by atoms with Gasteiger partial charge < -0.3 is 31.1 Å². The highest BCUT2D eigenvalue weighted by Gasteiger charge is 2.34. The molecule has 1 aliphatic rings. The number of piperazine rings is 1. The van der Waals surface area contributed by atoms with Crippen molar-refractivity contribution >= 4 is 19.0 Å². The van der Waals surface area contributed by atoms with E-state index in [2.05, 4.69) is 10.2 Å². The highest BCUT2D eigenvalue weighted by Crippen LogP contribution is 2.19. The van der Waals surface area contributed by atoms with Gasteiger partial charge in [0.05, 0.1) is 0 Å². The van der Waals surface area contributed by atoms with Gasteiger partial charge in [0.15, 0.2) is 5.96 Å². The zero-order valence-corrected chi connectivity index (χ0v) is 14.4. The van der Waals surface area contributed by atoms with Gasteiger partial charge >= 0.3 is 13.1 Å². The normalized spacial score (nSPS) is 18.1. The molecule has 24 heavy (non-hydrogen) atoms. The Morgan fingerprint density at radius 3 is 2.38 bits per heavy atom. The molecule has 1 saturated heterocycles. The summed E-state index contributed by atoms with van der Waals surface area (Å²) in [6.45, 7) is 3.62. The molecule has 1 aliphatic heterocycles. The van der Waals surface area contributed by atoms with E-state index in [1.54, 1.807) is 7.05 Å². The Bertz CT molecular complexity index is 418. The number of carbonyl (C=O) groups is 1. The van der Waals surface area contributed by atoms with Crippen LogP contribution in [0.2, 0.25) is 6.32 Å². The Labute approximate surface area is 143 Å². The zero-order valence-electron chi connectivity index (χ0n) is 14.4. The summed E-state index contributed by atoms with van der Waals surface area (Å²) in [5.41, 5.74) is 4.78. The van der Waals surface area contributed by atoms with Crippen molar-refractivity contribution in [1.29, 1.82) is 5.41 Å². The number of guanidine groups is 1. The van der Waals surface area contributed by atoms with Crippen LogP contribution < -0.4 is 11.1 Å². The second-order valence-electron chi connectivity index (χ2n) is 6.36. The number of hydrogen-bond donors (Lipinski definition) is 6. The molecule has 138 valence electrons. The minimum atomic E-state index is -1.35. The van der Waals surface area contributed by atoms with Crippen LogP contribution in [-0.4, -0.2) is 89.3 Å². The molecule has 0 amide bonds. The molecule has 1 fully saturated rings. The number of rotatable bonds is 9. The quantitative estimate of drug-likeness (QED) is 0.129. The molecular weight excluding hydrogens is 313 g/mol. The van der Waals surface area contributed by atoms with E-state index in [-0.39, 0.29) is 6.32 Å². The van der Waals surface area contributed by atoms with Crippen molar-refractivity contribution in [2.24, 2.45) is 5.73 Å². The van der Waals surface area contributed by atoms with Crippen LogP contribution in [0.3, 0.4) is 0 Å². The molecule has 0 aliphatic carbocycles. The summed E-state index contributed by atoms with van der Waals surface area (Å²) in [6, 6.07) is 0. The van der Waals surface area contributed by atoms with E-state index >= 15 is 0 Å². The Hall–Kier alpha value is -1.36. The minimum absolute atomic E-state index is 0.231. The molecule has 0 aromatic heterocycles. The van der Waals surface area contributed by atoms with Crippen LogP contribution in [-0.2, 0) is 4.79 Å². The lowest BCUT2D eigenvalue weighted by Crippen LogP contribution is -2.54. The van der Waals surface area contributed by atoms with Crippen LogP contribution in [0.15, 0.2) is 0 Å². The molecule has 1 atom stereocenters. The Morgan fingerprint density at radius 2 is 1.88 bits per heavy atom. The molecule has 1 unspecified atom stereocenters. The number of nitrogens with one attached hydrogen (secondary N) is 2. The lowest BCUT2D eigenvalue weighted by molar-refractivity contribution is -0.144. The van der Waals surface area contributed by atoms with Gasteiger partial charge in [0.1, 0.15) is 5.54 Å². The first-order valence-corrected chi connectivity index (χ1v) is 8.40. The van der Waals surface area contributed by atoms with Gasteiger partial charge in [0.25, 0.3) is 0 Å². The SMILES string of the molecule is CNC(=N)N1CCN(CCC(N)(CCCCB(O)O)C(=O)O)CC1. The van der Waals surface area contributed by atoms with Crippen molar-refractivity contribution in [3.63, 3.8) is 0 Å². The van der Waals surface area contributed by atoms with Gasteiger partial charge in [-0.3, -0.25) is 15.1 Å². The Morgan fingerprint density at radius 1 is 1.25 bits per heavy atom. The zero-order chi connectivity index (χ0) is 18.2. The number of nitrogens with zero attached hydrogens (tertiary/aromatic N) is 2. The lowest BCUT2D eigenvalue weighted by atomic mass is 9.81. The predicted octanol–water partition coefficient (Wildman–Crippen LogP) is -1.43. The Kier molecular flexibility index (Phi) is 8.47. The van der Waals surface area contributed by atoms with Gasteiger partial charge in [-0.15, -0.1) is 0 Å². The molecule has 0 radical (unpaired) electrons. The molecular formula is C14H30BN5O4. The third kappa shape index (κ3) is 6.64. The van der Waals surface area contributed by atoms with E-state index in [1.165, 1.54) is 0 Å². The average molecular weight is 343 g/mol. The van der Waals surface area contributed by atoms with Gasteiger partial charge in [0.2, 0.25) is 0 Å². The van der Waals surface area contributed by atoms with Gasteiger partial charge in [-0.2, -0.15) is 0 Å². The molecule has 10 heteroatoms. The third-order valence-corrected chi connectivity index (χ3v) is 4.56. The van der Waals surface area contributed by atoms with E-state index in [4.69, 9.17) is 21.2 Å². The predicted molar refractivity (Wildman–Crippen MR) is 92.8 cm³/mol. The highest BCUT2D eigenvalue weighted by atomic mass is 16.4. The number of nitrogens with two attached hydrogens (primary N) is 1. The summed E-state index contributed by atoms with van der Waals surface area (Å²) in [5.74, 6) is -0.609. The van der Waals surface area contributed by atoms with Crippen molar-refractivity contribution in [3.8, 4) is 0 Å². The van der Waals surface area contributed by atoms with E-state index in [1.807, 2.05) is 4.90 Å². The van der Waals surface area contributed by atoms with Gasteiger partial charge in [-0.25, -0.2) is 0 Å². The van der Waals surface area contributed by atoms with Crippen molar-refractivity contribution in [2.75, 3.05) is 39.8 Å². The van der Waals surface area contributed by atoms with Crippen LogP contribution in [0.25, 0.3) is 0 Å². The summed E-state index contributed by atoms with van der Waals surface area (Å²) < 4.78 is 0. The van der Waals surface area contributed by atoms with Crippen molar-refractivity contribution < 1.29 is 19.9 Å². The largest absolute Gasteiger partial charge is 0.480 e. The summed E-state index contributed by atoms with van der Waals surface area (Å²) >= 11 is 0. The van der Waals surface area contributed by atoms with E-state index in [0.29, 0.717) is 38.2 Å². The van der Waals surface area contributed by atoms with Crippen LogP contribution in [0.5, 0.6) is 0 Å². The maximum atomic E-state index is 11.5. The molecule has 7 N–H and O–H groups in total. The van der Waals surface area contributed by atoms with Crippen LogP contribution in [0.4, 0.5) is 0 Å². The summed E-state index contributed by atoms with van der Waals surface area (Å²) in [7, 11) is 0.370. The molecule has 0 bridgehead atoms. The first kappa shape index (κ1) is 20.7. The van der Waals surface area contributed by atoms with Gasteiger partial charge in [-0.05, 0) is 19.2 Å². The number of hydrogen-bond acceptors (Lipinski definition) is 6. The Balaban J connectivity index is 2.38. The first-order chi connectivity index (χ1) is 11.3. The standard InChI is InChI=1S/C14H30BN5O4/c1-18-13(16)20-10-8-19(9-11-20)7-5-14(17,12(21)22)4-2-3-6-15(23)24/h23-24H,2-11,17H2,1H3,(H2,16,18)(H,21,22). The van der Waals surface area contributed by atoms with Gasteiger partial charge in [0, 0.05) is 39.8 Å². The molecule has 0 aromatic rings. The molecule has 0 saturated carbocycles. The highest BCUT2D eigenvalue weighted by molar-refractivity contribution is 6.40. The molecule has 0 spiro atoms. The molecule has 1 heterocycles. The average Bonchev–Trinajstić information content (AvgIpc) is 2.56. The van der Waals surface area contributed by atoms with Crippen LogP contribution >= 0.6 is 0 Å². The first-order valence-electron chi connectivity index (χ1n) is 8.40. The fourth-order valence-electron chi connectivity index (χ4n) is 2.82. The van der Waals surface area contributed by atoms with Crippen molar-refractivity contribution in [2.45, 2.75) is 37.5 Å². The fourth-order valence-corrected chi connectivity index (χ4v) is 2.82. The second kappa shape index (κ2) is 9.82. The maximum absolute atomic E-state index is 11.5. The summed E-state index contributed by atoms with van der Waals surface area (Å²) in [4.78, 5) is 15.6. The van der Waals surface area contributed by atoms with Crippen molar-refractivity contribution in [3.05, 3.63) is 0 Å². The number of aliphatic carboxylic acids is 1. The summed E-state index contributed by atoms with van der Waals surface area (Å²) in [5, 5.41) is 37.6. The monoisotopic (exact) mass is 343 g/mol. The maximum Gasteiger partial charge on any atom is 0.451 e. The van der Waals surface area contributed by atoms with Crippen LogP contribution in [0, 0.1) is 5.41 Å². The number of carboxylic acids is 1. The fraction of sp³-hybridized carbons (Fsp3) is 0.857. The minimum Gasteiger partial charge on any atom is -0.480 e. The lowest BCUT2D eigenvalue weighted by Gasteiger charge is -2.37. The topological polar surface area (TPSA) is 146 Å². The smallest absolute Gasteiger partial charge is 0.451 e. The molecule has 9 nitrogen and oxygen atoms in total.